The third-order valence-corrected chi connectivity index (χ3v) is 5.11. The fourth-order valence-electron chi connectivity index (χ4n) is 2.24. The van der Waals surface area contributed by atoms with Gasteiger partial charge in [0.05, 0.1) is 23.6 Å². The maximum atomic E-state index is 12.1. The Bertz CT molecular complexity index is 938. The molecule has 1 aliphatic rings. The first-order valence-electron chi connectivity index (χ1n) is 8.92. The molecule has 0 radical (unpaired) electrons. The van der Waals surface area contributed by atoms with Gasteiger partial charge in [0, 0.05) is 6.20 Å². The average molecular weight is 457 g/mol. The van der Waals surface area contributed by atoms with Crippen molar-refractivity contribution in [3.63, 3.8) is 0 Å². The summed E-state index contributed by atoms with van der Waals surface area (Å²) in [6.07, 6.45) is 5.27. The summed E-state index contributed by atoms with van der Waals surface area (Å²) in [6, 6.07) is 8.75. The lowest BCUT2D eigenvalue weighted by Gasteiger charge is -2.07. The van der Waals surface area contributed by atoms with Gasteiger partial charge in [0.25, 0.3) is 10.1 Å². The molecule has 1 amide bonds. The van der Waals surface area contributed by atoms with Gasteiger partial charge in [-0.25, -0.2) is 4.98 Å². The van der Waals surface area contributed by atoms with Crippen LogP contribution in [0.15, 0.2) is 53.6 Å². The molecule has 2 heterocycles. The SMILES string of the molecule is C#CC1CCCN1.COS(=O)(=O)c1ccc(C(F)(F)F)cc1.O=CNc1ccccn1. The second kappa shape index (κ2) is 12.7. The quantitative estimate of drug-likeness (QED) is 0.416. The second-order valence-corrected chi connectivity index (χ2v) is 7.65. The smallest absolute Gasteiger partial charge is 0.313 e. The molecule has 1 atom stereocenters. The first-order valence-corrected chi connectivity index (χ1v) is 10.3. The summed E-state index contributed by atoms with van der Waals surface area (Å²) in [5, 5.41) is 5.59. The molecule has 1 fully saturated rings. The maximum Gasteiger partial charge on any atom is 0.416 e. The van der Waals surface area contributed by atoms with Crippen LogP contribution in [0, 0.1) is 12.3 Å². The molecule has 2 aromatic rings. The van der Waals surface area contributed by atoms with Crippen LogP contribution in [-0.4, -0.2) is 39.5 Å². The van der Waals surface area contributed by atoms with Gasteiger partial charge in [0.2, 0.25) is 6.41 Å². The molecular formula is C20H22F3N3O4S. The molecule has 3 rings (SSSR count). The summed E-state index contributed by atoms with van der Waals surface area (Å²) in [5.41, 5.74) is -0.905. The van der Waals surface area contributed by atoms with Crippen LogP contribution in [0.4, 0.5) is 19.0 Å². The zero-order chi connectivity index (χ0) is 23.3. The van der Waals surface area contributed by atoms with Gasteiger partial charge >= 0.3 is 6.18 Å². The van der Waals surface area contributed by atoms with Crippen LogP contribution >= 0.6 is 0 Å². The molecule has 1 aliphatic heterocycles. The number of hydrogen-bond donors (Lipinski definition) is 2. The van der Waals surface area contributed by atoms with E-state index in [1.165, 1.54) is 6.42 Å². The molecule has 1 aromatic carbocycles. The molecule has 1 saturated heterocycles. The molecule has 0 bridgehead atoms. The van der Waals surface area contributed by atoms with Gasteiger partial charge in [-0.05, 0) is 55.8 Å². The Kier molecular flexibility index (Phi) is 10.7. The third kappa shape index (κ3) is 9.61. The summed E-state index contributed by atoms with van der Waals surface area (Å²) in [5.74, 6) is 3.23. The molecule has 0 aliphatic carbocycles. The van der Waals surface area contributed by atoms with Crippen molar-refractivity contribution in [3.05, 3.63) is 54.2 Å². The van der Waals surface area contributed by atoms with E-state index in [2.05, 4.69) is 25.7 Å². The highest BCUT2D eigenvalue weighted by Crippen LogP contribution is 2.29. The zero-order valence-corrected chi connectivity index (χ0v) is 17.4. The van der Waals surface area contributed by atoms with Crippen LogP contribution in [0.25, 0.3) is 0 Å². The topological polar surface area (TPSA) is 97.4 Å². The van der Waals surface area contributed by atoms with Crippen LogP contribution in [-0.2, 0) is 25.3 Å². The van der Waals surface area contributed by atoms with Crippen molar-refractivity contribution in [2.45, 2.75) is 30.0 Å². The van der Waals surface area contributed by atoms with Crippen LogP contribution in [0.2, 0.25) is 0 Å². The standard InChI is InChI=1S/C8H7F3O3S.C6H6N2O.C6H9N/c1-14-15(12,13)7-4-2-6(3-5-7)8(9,10)11;9-5-8-6-3-1-2-4-7-6;1-2-6-4-3-5-7-6/h2-5H,1H3;1-5H,(H,7,8,9);1,6-7H,3-5H2. The highest BCUT2D eigenvalue weighted by molar-refractivity contribution is 7.86. The molecule has 0 spiro atoms. The Morgan fingerprint density at radius 1 is 1.26 bits per heavy atom. The van der Waals surface area contributed by atoms with Gasteiger partial charge in [-0.2, -0.15) is 21.6 Å². The monoisotopic (exact) mass is 457 g/mol. The number of anilines is 1. The number of carbonyl (C=O) groups excluding carboxylic acids is 1. The number of pyridine rings is 1. The molecule has 7 nitrogen and oxygen atoms in total. The average Bonchev–Trinajstić information content (AvgIpc) is 3.29. The predicted octanol–water partition coefficient (Wildman–Crippen LogP) is 3.06. The molecule has 1 aromatic heterocycles. The van der Waals surface area contributed by atoms with Gasteiger partial charge < -0.3 is 10.6 Å². The molecular weight excluding hydrogens is 435 g/mol. The van der Waals surface area contributed by atoms with E-state index in [4.69, 9.17) is 6.42 Å². The Morgan fingerprint density at radius 3 is 2.32 bits per heavy atom. The van der Waals surface area contributed by atoms with Crippen molar-refractivity contribution >= 4 is 22.3 Å². The van der Waals surface area contributed by atoms with Gasteiger partial charge in [0.1, 0.15) is 5.82 Å². The summed E-state index contributed by atoms with van der Waals surface area (Å²) in [7, 11) is -2.99. The van der Waals surface area contributed by atoms with Crippen molar-refractivity contribution < 1.29 is 30.6 Å². The molecule has 31 heavy (non-hydrogen) atoms. The number of halogens is 3. The molecule has 0 saturated carbocycles. The molecule has 2 N–H and O–H groups in total. The van der Waals surface area contributed by atoms with E-state index >= 15 is 0 Å². The Morgan fingerprint density at radius 2 is 1.94 bits per heavy atom. The number of nitrogens with one attached hydrogen (secondary N) is 2. The Labute approximate surface area is 179 Å². The number of benzene rings is 1. The van der Waals surface area contributed by atoms with Crippen molar-refractivity contribution in [1.29, 1.82) is 0 Å². The maximum absolute atomic E-state index is 12.1. The fourth-order valence-corrected chi connectivity index (χ4v) is 2.90. The van der Waals surface area contributed by atoms with Crippen molar-refractivity contribution in [1.82, 2.24) is 10.3 Å². The van der Waals surface area contributed by atoms with Gasteiger partial charge in [-0.3, -0.25) is 8.98 Å². The van der Waals surface area contributed by atoms with Gasteiger partial charge in [-0.1, -0.05) is 12.0 Å². The zero-order valence-electron chi connectivity index (χ0n) is 16.6. The van der Waals surface area contributed by atoms with Crippen molar-refractivity contribution in [2.24, 2.45) is 0 Å². The minimum atomic E-state index is -4.48. The van der Waals surface area contributed by atoms with Crippen LogP contribution in [0.5, 0.6) is 0 Å². The summed E-state index contributed by atoms with van der Waals surface area (Å²) in [6.45, 7) is 1.11. The number of carbonyl (C=O) groups is 1. The first-order chi connectivity index (χ1) is 14.6. The molecule has 168 valence electrons. The number of alkyl halides is 3. The lowest BCUT2D eigenvalue weighted by atomic mass is 10.2. The molecule has 11 heteroatoms. The lowest BCUT2D eigenvalue weighted by Crippen LogP contribution is -2.18. The summed E-state index contributed by atoms with van der Waals surface area (Å²) in [4.78, 5) is 13.3. The number of terminal acetylenes is 1. The number of nitrogens with zero attached hydrogens (tertiary/aromatic N) is 1. The Hall–Kier alpha value is -2.94. The van der Waals surface area contributed by atoms with E-state index in [0.29, 0.717) is 30.4 Å². The van der Waals surface area contributed by atoms with Crippen LogP contribution < -0.4 is 10.6 Å². The normalized spacial score (nSPS) is 15.4. The minimum Gasteiger partial charge on any atom is -0.313 e. The van der Waals surface area contributed by atoms with Crippen LogP contribution in [0.1, 0.15) is 18.4 Å². The lowest BCUT2D eigenvalue weighted by molar-refractivity contribution is -0.137. The van der Waals surface area contributed by atoms with Gasteiger partial charge in [-0.15, -0.1) is 6.42 Å². The van der Waals surface area contributed by atoms with E-state index in [1.807, 2.05) is 0 Å². The number of aromatic nitrogens is 1. The fraction of sp³-hybridized carbons (Fsp3) is 0.300. The number of rotatable bonds is 4. The van der Waals surface area contributed by atoms with E-state index in [-0.39, 0.29) is 4.90 Å². The first kappa shape index (κ1) is 26.1. The van der Waals surface area contributed by atoms with E-state index in [1.54, 1.807) is 24.4 Å². The molecule has 1 unspecified atom stereocenters. The third-order valence-electron chi connectivity index (χ3n) is 3.82. The van der Waals surface area contributed by atoms with Crippen LogP contribution in [0.3, 0.4) is 0 Å². The van der Waals surface area contributed by atoms with E-state index < -0.39 is 21.9 Å². The van der Waals surface area contributed by atoms with Crippen molar-refractivity contribution in [2.75, 3.05) is 19.0 Å². The summed E-state index contributed by atoms with van der Waals surface area (Å²) >= 11 is 0. The van der Waals surface area contributed by atoms with Gasteiger partial charge in [0.15, 0.2) is 0 Å². The van der Waals surface area contributed by atoms with Crippen molar-refractivity contribution in [3.8, 4) is 12.3 Å². The number of hydrogen-bond acceptors (Lipinski definition) is 6. The summed E-state index contributed by atoms with van der Waals surface area (Å²) < 4.78 is 62.6. The largest absolute Gasteiger partial charge is 0.416 e. The highest BCUT2D eigenvalue weighted by atomic mass is 32.2. The minimum absolute atomic E-state index is 0.307. The van der Waals surface area contributed by atoms with E-state index in [0.717, 1.165) is 32.2 Å². The predicted molar refractivity (Wildman–Crippen MR) is 109 cm³/mol. The number of amides is 1. The second-order valence-electron chi connectivity index (χ2n) is 5.94. The Balaban J connectivity index is 0.000000254. The highest BCUT2D eigenvalue weighted by Gasteiger charge is 2.30. The van der Waals surface area contributed by atoms with E-state index in [9.17, 15) is 26.4 Å².